The standard InChI is InChI=1S/C24H31FN6O/c1-32-12-11-27-17-5-7-18(8-6-17)30-23-13-19(20(25)14-28-23)21-3-2-4-22(31-21)29-16-24(15-26)9-10-24/h2-4,13-14,17-18,27H,5-12,16H2,1H3,(H,28,30)(H,29,31)/t17-,18-. The Hall–Kier alpha value is -2.76. The van der Waals surface area contributed by atoms with Crippen molar-refractivity contribution in [3.8, 4) is 17.3 Å². The van der Waals surface area contributed by atoms with Gasteiger partial charge < -0.3 is 20.7 Å². The van der Waals surface area contributed by atoms with Crippen LogP contribution in [0, 0.1) is 22.6 Å². The molecule has 0 saturated heterocycles. The van der Waals surface area contributed by atoms with E-state index in [0.717, 1.165) is 51.7 Å². The van der Waals surface area contributed by atoms with E-state index in [0.29, 0.717) is 41.5 Å². The predicted octanol–water partition coefficient (Wildman–Crippen LogP) is 3.96. The third kappa shape index (κ3) is 5.72. The molecule has 0 amide bonds. The lowest BCUT2D eigenvalue weighted by Gasteiger charge is -2.30. The number of anilines is 2. The molecular weight excluding hydrogens is 407 g/mol. The van der Waals surface area contributed by atoms with Crippen LogP contribution in [0.2, 0.25) is 0 Å². The van der Waals surface area contributed by atoms with Crippen LogP contribution in [0.15, 0.2) is 30.5 Å². The number of pyridine rings is 2. The van der Waals surface area contributed by atoms with Gasteiger partial charge in [0.1, 0.15) is 11.6 Å². The number of halogens is 1. The molecule has 0 radical (unpaired) electrons. The van der Waals surface area contributed by atoms with Gasteiger partial charge in [-0.3, -0.25) is 0 Å². The molecule has 170 valence electrons. The van der Waals surface area contributed by atoms with Crippen molar-refractivity contribution in [2.24, 2.45) is 5.41 Å². The molecule has 2 aromatic rings. The van der Waals surface area contributed by atoms with E-state index in [9.17, 15) is 9.65 Å². The molecule has 2 saturated carbocycles. The second-order valence-corrected chi connectivity index (χ2v) is 8.84. The first-order valence-corrected chi connectivity index (χ1v) is 11.4. The van der Waals surface area contributed by atoms with E-state index in [4.69, 9.17) is 4.74 Å². The van der Waals surface area contributed by atoms with Gasteiger partial charge in [-0.1, -0.05) is 6.07 Å². The van der Waals surface area contributed by atoms with Crippen molar-refractivity contribution in [1.29, 1.82) is 5.26 Å². The number of methoxy groups -OCH3 is 1. The largest absolute Gasteiger partial charge is 0.383 e. The molecule has 0 unspecified atom stereocenters. The fourth-order valence-corrected chi connectivity index (χ4v) is 4.15. The highest BCUT2D eigenvalue weighted by Gasteiger charge is 2.42. The van der Waals surface area contributed by atoms with Crippen molar-refractivity contribution in [3.05, 3.63) is 36.3 Å². The smallest absolute Gasteiger partial charge is 0.151 e. The molecule has 2 heterocycles. The minimum Gasteiger partial charge on any atom is -0.383 e. The second-order valence-electron chi connectivity index (χ2n) is 8.84. The maximum atomic E-state index is 14.6. The van der Waals surface area contributed by atoms with Crippen LogP contribution >= 0.6 is 0 Å². The van der Waals surface area contributed by atoms with Crippen molar-refractivity contribution in [2.75, 3.05) is 37.4 Å². The molecular formula is C24H31FN6O. The summed E-state index contributed by atoms with van der Waals surface area (Å²) in [5.74, 6) is 0.912. The van der Waals surface area contributed by atoms with Crippen molar-refractivity contribution in [3.63, 3.8) is 0 Å². The molecule has 2 aromatic heterocycles. The van der Waals surface area contributed by atoms with E-state index in [1.807, 2.05) is 12.1 Å². The Kier molecular flexibility index (Phi) is 7.18. The molecule has 2 aliphatic rings. The van der Waals surface area contributed by atoms with E-state index in [1.54, 1.807) is 19.2 Å². The van der Waals surface area contributed by atoms with Gasteiger partial charge in [-0.05, 0) is 56.7 Å². The zero-order chi connectivity index (χ0) is 22.4. The molecule has 0 spiro atoms. The summed E-state index contributed by atoms with van der Waals surface area (Å²) < 4.78 is 19.7. The molecule has 0 aromatic carbocycles. The normalized spacial score (nSPS) is 21.5. The van der Waals surface area contributed by atoms with Crippen molar-refractivity contribution >= 4 is 11.6 Å². The highest BCUT2D eigenvalue weighted by atomic mass is 19.1. The monoisotopic (exact) mass is 438 g/mol. The van der Waals surface area contributed by atoms with Gasteiger partial charge in [0.05, 0.1) is 30.0 Å². The first kappa shape index (κ1) is 22.4. The molecule has 32 heavy (non-hydrogen) atoms. The summed E-state index contributed by atoms with van der Waals surface area (Å²) in [5.41, 5.74) is 0.697. The summed E-state index contributed by atoms with van der Waals surface area (Å²) in [6.45, 7) is 2.17. The van der Waals surface area contributed by atoms with Gasteiger partial charge in [-0.15, -0.1) is 0 Å². The molecule has 3 N–H and O–H groups in total. The number of aromatic nitrogens is 2. The van der Waals surface area contributed by atoms with Crippen LogP contribution in [0.3, 0.4) is 0 Å². The van der Waals surface area contributed by atoms with Crippen molar-refractivity contribution < 1.29 is 9.13 Å². The van der Waals surface area contributed by atoms with E-state index < -0.39 is 5.82 Å². The van der Waals surface area contributed by atoms with Gasteiger partial charge in [-0.2, -0.15) is 5.26 Å². The lowest BCUT2D eigenvalue weighted by Crippen LogP contribution is -2.38. The number of nitrogens with zero attached hydrogens (tertiary/aromatic N) is 3. The van der Waals surface area contributed by atoms with Crippen LogP contribution < -0.4 is 16.0 Å². The first-order valence-electron chi connectivity index (χ1n) is 11.4. The topological polar surface area (TPSA) is 94.9 Å². The van der Waals surface area contributed by atoms with Crippen LogP contribution in [0.4, 0.5) is 16.0 Å². The van der Waals surface area contributed by atoms with Crippen molar-refractivity contribution in [1.82, 2.24) is 15.3 Å². The average Bonchev–Trinajstić information content (AvgIpc) is 3.61. The lowest BCUT2D eigenvalue weighted by molar-refractivity contribution is 0.191. The Bertz CT molecular complexity index is 950. The fraction of sp³-hybridized carbons (Fsp3) is 0.542. The Morgan fingerprint density at radius 3 is 2.69 bits per heavy atom. The number of nitrogens with one attached hydrogen (secondary N) is 3. The van der Waals surface area contributed by atoms with Gasteiger partial charge in [0.25, 0.3) is 0 Å². The molecule has 0 aliphatic heterocycles. The summed E-state index contributed by atoms with van der Waals surface area (Å²) in [6.07, 6.45) is 7.34. The Labute approximate surface area is 188 Å². The zero-order valence-electron chi connectivity index (χ0n) is 18.5. The fourth-order valence-electron chi connectivity index (χ4n) is 4.15. The van der Waals surface area contributed by atoms with E-state index in [2.05, 4.69) is 32.0 Å². The van der Waals surface area contributed by atoms with Gasteiger partial charge in [0.15, 0.2) is 5.82 Å². The number of hydrogen-bond donors (Lipinski definition) is 3. The van der Waals surface area contributed by atoms with E-state index in [-0.39, 0.29) is 5.41 Å². The Morgan fingerprint density at radius 1 is 1.19 bits per heavy atom. The molecule has 0 bridgehead atoms. The van der Waals surface area contributed by atoms with Gasteiger partial charge in [-0.25, -0.2) is 14.4 Å². The summed E-state index contributed by atoms with van der Waals surface area (Å²) in [5, 5.41) is 19.5. The SMILES string of the molecule is COCCN[C@H]1CC[C@H](Nc2cc(-c3cccc(NCC4(C#N)CC4)n3)c(F)cn2)CC1. The summed E-state index contributed by atoms with van der Waals surface area (Å²) in [6, 6.07) is 10.4. The number of ether oxygens (including phenoxy) is 1. The van der Waals surface area contributed by atoms with Gasteiger partial charge in [0, 0.05) is 37.8 Å². The maximum absolute atomic E-state index is 14.6. The molecule has 4 rings (SSSR count). The van der Waals surface area contributed by atoms with Gasteiger partial charge in [0.2, 0.25) is 0 Å². The lowest BCUT2D eigenvalue weighted by atomic mass is 9.91. The molecule has 8 heteroatoms. The summed E-state index contributed by atoms with van der Waals surface area (Å²) in [7, 11) is 1.72. The van der Waals surface area contributed by atoms with Crippen LogP contribution in [0.1, 0.15) is 38.5 Å². The summed E-state index contributed by atoms with van der Waals surface area (Å²) in [4.78, 5) is 8.82. The molecule has 2 aliphatic carbocycles. The second kappa shape index (κ2) is 10.2. The minimum absolute atomic E-state index is 0.269. The average molecular weight is 439 g/mol. The third-order valence-corrected chi connectivity index (χ3v) is 6.40. The van der Waals surface area contributed by atoms with Crippen LogP contribution in [0.5, 0.6) is 0 Å². The van der Waals surface area contributed by atoms with E-state index >= 15 is 0 Å². The first-order chi connectivity index (χ1) is 15.6. The summed E-state index contributed by atoms with van der Waals surface area (Å²) >= 11 is 0. The Balaban J connectivity index is 1.37. The highest BCUT2D eigenvalue weighted by molar-refractivity contribution is 5.65. The highest BCUT2D eigenvalue weighted by Crippen LogP contribution is 2.44. The zero-order valence-corrected chi connectivity index (χ0v) is 18.5. The molecule has 2 fully saturated rings. The van der Waals surface area contributed by atoms with Crippen molar-refractivity contribution in [2.45, 2.75) is 50.6 Å². The minimum atomic E-state index is -0.401. The molecule has 0 atom stereocenters. The quantitative estimate of drug-likeness (QED) is 0.483. The number of rotatable bonds is 10. The van der Waals surface area contributed by atoms with Gasteiger partial charge >= 0.3 is 0 Å². The third-order valence-electron chi connectivity index (χ3n) is 6.40. The maximum Gasteiger partial charge on any atom is 0.151 e. The predicted molar refractivity (Wildman–Crippen MR) is 123 cm³/mol. The Morgan fingerprint density at radius 2 is 1.97 bits per heavy atom. The van der Waals surface area contributed by atoms with E-state index in [1.165, 1.54) is 6.20 Å². The number of hydrogen-bond acceptors (Lipinski definition) is 7. The van der Waals surface area contributed by atoms with Crippen LogP contribution in [-0.4, -0.2) is 48.9 Å². The van der Waals surface area contributed by atoms with Crippen LogP contribution in [0.25, 0.3) is 11.3 Å². The van der Waals surface area contributed by atoms with Crippen LogP contribution in [-0.2, 0) is 4.74 Å². The molecule has 7 nitrogen and oxygen atoms in total. The number of nitriles is 1.